The van der Waals surface area contributed by atoms with Gasteiger partial charge in [-0.1, -0.05) is 12.8 Å². The molecule has 3 heteroatoms. The van der Waals surface area contributed by atoms with Gasteiger partial charge >= 0.3 is 0 Å². The fourth-order valence-electron chi connectivity index (χ4n) is 2.86. The van der Waals surface area contributed by atoms with E-state index >= 15 is 0 Å². The van der Waals surface area contributed by atoms with E-state index in [1.54, 1.807) is 0 Å². The van der Waals surface area contributed by atoms with E-state index in [-0.39, 0.29) is 12.1 Å². The maximum absolute atomic E-state index is 9.61. The fraction of sp³-hybridized carbons (Fsp3) is 1.00. The van der Waals surface area contributed by atoms with E-state index in [0.717, 1.165) is 32.5 Å². The number of hydrogen-bond acceptors (Lipinski definition) is 3. The Balaban J connectivity index is 1.92. The van der Waals surface area contributed by atoms with E-state index in [4.69, 9.17) is 4.74 Å². The van der Waals surface area contributed by atoms with E-state index in [9.17, 15) is 5.11 Å². The Labute approximate surface area is 92.2 Å². The van der Waals surface area contributed by atoms with Gasteiger partial charge in [0.25, 0.3) is 0 Å². The predicted molar refractivity (Wildman–Crippen MR) is 59.9 cm³/mol. The molecule has 1 heterocycles. The first-order chi connectivity index (χ1) is 7.35. The van der Waals surface area contributed by atoms with Crippen molar-refractivity contribution in [2.45, 2.75) is 56.5 Å². The summed E-state index contributed by atoms with van der Waals surface area (Å²) in [5, 5.41) is 13.3. The average Bonchev–Trinajstić information content (AvgIpc) is 2.64. The van der Waals surface area contributed by atoms with Crippen LogP contribution in [0.4, 0.5) is 0 Å². The topological polar surface area (TPSA) is 41.5 Å². The zero-order valence-electron chi connectivity index (χ0n) is 9.50. The molecule has 1 aliphatic heterocycles. The minimum atomic E-state index is -0.0501. The van der Waals surface area contributed by atoms with Crippen molar-refractivity contribution in [3.05, 3.63) is 0 Å². The molecule has 1 saturated heterocycles. The first kappa shape index (κ1) is 11.4. The Bertz CT molecular complexity index is 182. The Kier molecular flexibility index (Phi) is 4.00. The highest BCUT2D eigenvalue weighted by Crippen LogP contribution is 2.26. The van der Waals surface area contributed by atoms with Crippen LogP contribution in [0.5, 0.6) is 0 Å². The lowest BCUT2D eigenvalue weighted by molar-refractivity contribution is 0.107. The zero-order valence-corrected chi connectivity index (χ0v) is 9.50. The molecule has 2 fully saturated rings. The van der Waals surface area contributed by atoms with Crippen molar-refractivity contribution in [3.63, 3.8) is 0 Å². The van der Waals surface area contributed by atoms with Gasteiger partial charge in [-0.05, 0) is 32.1 Å². The smallest absolute Gasteiger partial charge is 0.0614 e. The van der Waals surface area contributed by atoms with Crippen LogP contribution < -0.4 is 5.32 Å². The summed E-state index contributed by atoms with van der Waals surface area (Å²) in [6.45, 7) is 1.90. The second kappa shape index (κ2) is 5.28. The monoisotopic (exact) mass is 213 g/mol. The van der Waals surface area contributed by atoms with Crippen molar-refractivity contribution in [1.82, 2.24) is 5.32 Å². The van der Waals surface area contributed by atoms with Gasteiger partial charge in [0.15, 0.2) is 0 Å². The Morgan fingerprint density at radius 3 is 2.67 bits per heavy atom. The van der Waals surface area contributed by atoms with Gasteiger partial charge in [-0.3, -0.25) is 0 Å². The maximum atomic E-state index is 9.61. The molecule has 0 aromatic rings. The molecule has 1 atom stereocenters. The molecule has 2 aliphatic rings. The van der Waals surface area contributed by atoms with Crippen LogP contribution in [0.1, 0.15) is 44.9 Å². The van der Waals surface area contributed by atoms with E-state index in [0.29, 0.717) is 6.04 Å². The Morgan fingerprint density at radius 2 is 1.93 bits per heavy atom. The summed E-state index contributed by atoms with van der Waals surface area (Å²) in [7, 11) is 0. The van der Waals surface area contributed by atoms with Crippen LogP contribution >= 0.6 is 0 Å². The number of aliphatic hydroxyl groups excluding tert-OH is 1. The molecule has 0 aromatic carbocycles. The van der Waals surface area contributed by atoms with Gasteiger partial charge in [0.1, 0.15) is 0 Å². The lowest BCUT2D eigenvalue weighted by Gasteiger charge is -2.34. The molecule has 15 heavy (non-hydrogen) atoms. The Morgan fingerprint density at radius 1 is 1.13 bits per heavy atom. The molecule has 1 saturated carbocycles. The van der Waals surface area contributed by atoms with Crippen molar-refractivity contribution in [2.24, 2.45) is 0 Å². The number of rotatable bonds is 3. The zero-order chi connectivity index (χ0) is 10.6. The molecule has 0 spiro atoms. The number of nitrogens with one attached hydrogen (secondary N) is 1. The van der Waals surface area contributed by atoms with Crippen LogP contribution in [0.2, 0.25) is 0 Å². The van der Waals surface area contributed by atoms with Gasteiger partial charge < -0.3 is 15.2 Å². The molecular weight excluding hydrogens is 190 g/mol. The van der Waals surface area contributed by atoms with Gasteiger partial charge in [-0.15, -0.1) is 0 Å². The molecule has 1 aliphatic carbocycles. The maximum Gasteiger partial charge on any atom is 0.0614 e. The van der Waals surface area contributed by atoms with E-state index in [1.807, 2.05) is 0 Å². The van der Waals surface area contributed by atoms with Crippen LogP contribution in [-0.4, -0.2) is 36.5 Å². The van der Waals surface area contributed by atoms with Crippen molar-refractivity contribution >= 4 is 0 Å². The highest BCUT2D eigenvalue weighted by molar-refractivity contribution is 4.92. The molecule has 88 valence electrons. The van der Waals surface area contributed by atoms with Crippen LogP contribution in [0.3, 0.4) is 0 Å². The van der Waals surface area contributed by atoms with Gasteiger partial charge in [0.2, 0.25) is 0 Å². The second-order valence-corrected chi connectivity index (χ2v) is 5.03. The third kappa shape index (κ3) is 2.92. The second-order valence-electron chi connectivity index (χ2n) is 5.03. The average molecular weight is 213 g/mol. The summed E-state index contributed by atoms with van der Waals surface area (Å²) in [4.78, 5) is 0. The van der Waals surface area contributed by atoms with Crippen LogP contribution in [0, 0.1) is 0 Å². The van der Waals surface area contributed by atoms with Gasteiger partial charge in [0, 0.05) is 24.8 Å². The molecular formula is C12H23NO2. The highest BCUT2D eigenvalue weighted by Gasteiger charge is 2.33. The number of aliphatic hydroxyl groups is 1. The third-order valence-corrected chi connectivity index (χ3v) is 3.84. The lowest BCUT2D eigenvalue weighted by Crippen LogP contribution is -2.52. The SMILES string of the molecule is OCC1(NC2CCCC2)CCCOCC1. The molecule has 2 N–H and O–H groups in total. The largest absolute Gasteiger partial charge is 0.394 e. The van der Waals surface area contributed by atoms with Gasteiger partial charge in [0.05, 0.1) is 6.61 Å². The standard InChI is InChI=1S/C12H23NO2/c14-10-12(6-3-8-15-9-7-12)13-11-4-1-2-5-11/h11,13-14H,1-10H2. The highest BCUT2D eigenvalue weighted by atomic mass is 16.5. The molecule has 0 bridgehead atoms. The molecule has 1 unspecified atom stereocenters. The summed E-state index contributed by atoms with van der Waals surface area (Å²) in [5.41, 5.74) is -0.0501. The van der Waals surface area contributed by atoms with Gasteiger partial charge in [-0.2, -0.15) is 0 Å². The van der Waals surface area contributed by atoms with E-state index in [2.05, 4.69) is 5.32 Å². The van der Waals surface area contributed by atoms with Crippen LogP contribution in [-0.2, 0) is 4.74 Å². The lowest BCUT2D eigenvalue weighted by atomic mass is 9.90. The van der Waals surface area contributed by atoms with Crippen molar-refractivity contribution in [3.8, 4) is 0 Å². The first-order valence-corrected chi connectivity index (χ1v) is 6.31. The summed E-state index contributed by atoms with van der Waals surface area (Å²) in [6, 6.07) is 0.634. The minimum absolute atomic E-state index is 0.0501. The van der Waals surface area contributed by atoms with E-state index < -0.39 is 0 Å². The molecule has 3 nitrogen and oxygen atoms in total. The third-order valence-electron chi connectivity index (χ3n) is 3.84. The minimum Gasteiger partial charge on any atom is -0.394 e. The van der Waals surface area contributed by atoms with Crippen molar-refractivity contribution in [2.75, 3.05) is 19.8 Å². The van der Waals surface area contributed by atoms with Crippen LogP contribution in [0.25, 0.3) is 0 Å². The predicted octanol–water partition coefficient (Wildman–Crippen LogP) is 1.45. The quantitative estimate of drug-likeness (QED) is 0.745. The number of hydrogen-bond donors (Lipinski definition) is 2. The van der Waals surface area contributed by atoms with Crippen molar-refractivity contribution < 1.29 is 9.84 Å². The summed E-state index contributed by atoms with van der Waals surface area (Å²) in [5.74, 6) is 0. The summed E-state index contributed by atoms with van der Waals surface area (Å²) in [6.07, 6.45) is 8.33. The number of ether oxygens (including phenoxy) is 1. The van der Waals surface area contributed by atoms with Gasteiger partial charge in [-0.25, -0.2) is 0 Å². The molecule has 2 rings (SSSR count). The van der Waals surface area contributed by atoms with Crippen LogP contribution in [0.15, 0.2) is 0 Å². The van der Waals surface area contributed by atoms with Crippen molar-refractivity contribution in [1.29, 1.82) is 0 Å². The Hall–Kier alpha value is -0.120. The summed E-state index contributed by atoms with van der Waals surface area (Å²) >= 11 is 0. The molecule has 0 radical (unpaired) electrons. The molecule has 0 aromatic heterocycles. The first-order valence-electron chi connectivity index (χ1n) is 6.31. The fourth-order valence-corrected chi connectivity index (χ4v) is 2.86. The molecule has 0 amide bonds. The van der Waals surface area contributed by atoms with E-state index in [1.165, 1.54) is 25.7 Å². The normalized spacial score (nSPS) is 34.2. The summed E-state index contributed by atoms with van der Waals surface area (Å²) < 4.78 is 5.46.